The molecule has 3 aromatic rings. The molecular formula is C13H9N3O2. The second-order valence-electron chi connectivity index (χ2n) is 3.79. The van der Waals surface area contributed by atoms with Crippen LogP contribution in [0.4, 0.5) is 0 Å². The van der Waals surface area contributed by atoms with Crippen LogP contribution in [-0.4, -0.2) is 19.5 Å². The van der Waals surface area contributed by atoms with E-state index in [2.05, 4.69) is 9.97 Å². The van der Waals surface area contributed by atoms with Gasteiger partial charge in [0.05, 0.1) is 6.20 Å². The summed E-state index contributed by atoms with van der Waals surface area (Å²) in [5, 5.41) is 9.89. The molecule has 0 radical (unpaired) electrons. The fourth-order valence-electron chi connectivity index (χ4n) is 1.85. The number of fused-ring (bicyclic) bond motifs is 1. The van der Waals surface area contributed by atoms with Crippen LogP contribution in [0.15, 0.2) is 53.7 Å². The third-order valence-corrected chi connectivity index (χ3v) is 2.68. The maximum atomic E-state index is 12.3. The maximum Gasteiger partial charge on any atom is 0.269 e. The van der Waals surface area contributed by atoms with Crippen LogP contribution in [0, 0.1) is 0 Å². The van der Waals surface area contributed by atoms with Gasteiger partial charge in [-0.2, -0.15) is 4.98 Å². The molecule has 0 spiro atoms. The Morgan fingerprint density at radius 3 is 2.72 bits per heavy atom. The Kier molecular flexibility index (Phi) is 2.30. The summed E-state index contributed by atoms with van der Waals surface area (Å²) in [5.41, 5.74) is 0.837. The summed E-state index contributed by atoms with van der Waals surface area (Å²) in [4.78, 5) is 20.1. The van der Waals surface area contributed by atoms with E-state index in [0.29, 0.717) is 11.2 Å². The Balaban J connectivity index is 2.41. The Labute approximate surface area is 102 Å². The monoisotopic (exact) mass is 239 g/mol. The highest BCUT2D eigenvalue weighted by Gasteiger charge is 2.13. The van der Waals surface area contributed by atoms with Crippen molar-refractivity contribution in [3.8, 4) is 17.0 Å². The van der Waals surface area contributed by atoms with E-state index in [1.807, 2.05) is 6.07 Å². The molecule has 3 rings (SSSR count). The molecule has 2 heterocycles. The third kappa shape index (κ3) is 1.53. The SMILES string of the molecule is O=c1c(-c2ccccc2)c(O)nc2cnccn12. The first-order valence-corrected chi connectivity index (χ1v) is 5.38. The molecule has 0 unspecified atom stereocenters. The van der Waals surface area contributed by atoms with Crippen molar-refractivity contribution in [1.82, 2.24) is 14.4 Å². The molecule has 0 fully saturated rings. The van der Waals surface area contributed by atoms with Crippen LogP contribution in [0.25, 0.3) is 16.8 Å². The highest BCUT2D eigenvalue weighted by Crippen LogP contribution is 2.23. The second kappa shape index (κ2) is 3.96. The molecule has 88 valence electrons. The van der Waals surface area contributed by atoms with Gasteiger partial charge in [-0.15, -0.1) is 0 Å². The van der Waals surface area contributed by atoms with Gasteiger partial charge in [-0.1, -0.05) is 30.3 Å². The highest BCUT2D eigenvalue weighted by molar-refractivity contribution is 5.68. The minimum atomic E-state index is -0.314. The quantitative estimate of drug-likeness (QED) is 0.698. The lowest BCUT2D eigenvalue weighted by Crippen LogP contribution is -2.17. The van der Waals surface area contributed by atoms with E-state index in [1.165, 1.54) is 23.0 Å². The molecule has 0 amide bonds. The fraction of sp³-hybridized carbons (Fsp3) is 0. The van der Waals surface area contributed by atoms with Crippen molar-refractivity contribution in [1.29, 1.82) is 0 Å². The molecule has 0 atom stereocenters. The van der Waals surface area contributed by atoms with Gasteiger partial charge in [0.2, 0.25) is 5.88 Å². The van der Waals surface area contributed by atoms with E-state index in [9.17, 15) is 9.90 Å². The number of hydrogen-bond acceptors (Lipinski definition) is 4. The lowest BCUT2D eigenvalue weighted by atomic mass is 10.1. The van der Waals surface area contributed by atoms with Crippen molar-refractivity contribution in [2.75, 3.05) is 0 Å². The van der Waals surface area contributed by atoms with Crippen LogP contribution < -0.4 is 5.56 Å². The topological polar surface area (TPSA) is 67.5 Å². The summed E-state index contributed by atoms with van der Waals surface area (Å²) in [6.07, 6.45) is 4.45. The summed E-state index contributed by atoms with van der Waals surface area (Å²) in [6.45, 7) is 0. The van der Waals surface area contributed by atoms with Gasteiger partial charge in [-0.25, -0.2) is 0 Å². The zero-order valence-electron chi connectivity index (χ0n) is 9.32. The predicted octanol–water partition coefficient (Wildman–Crippen LogP) is 1.46. The molecule has 2 aromatic heterocycles. The van der Waals surface area contributed by atoms with E-state index in [1.54, 1.807) is 24.3 Å². The van der Waals surface area contributed by atoms with Crippen LogP contribution in [0.5, 0.6) is 5.88 Å². The molecule has 0 aliphatic rings. The molecule has 0 saturated carbocycles. The first-order chi connectivity index (χ1) is 8.77. The molecular weight excluding hydrogens is 230 g/mol. The van der Waals surface area contributed by atoms with Crippen molar-refractivity contribution in [3.63, 3.8) is 0 Å². The van der Waals surface area contributed by atoms with Gasteiger partial charge in [0, 0.05) is 12.4 Å². The van der Waals surface area contributed by atoms with E-state index >= 15 is 0 Å². The molecule has 5 nitrogen and oxygen atoms in total. The first kappa shape index (κ1) is 10.5. The van der Waals surface area contributed by atoms with Gasteiger partial charge < -0.3 is 5.11 Å². The van der Waals surface area contributed by atoms with Crippen molar-refractivity contribution in [3.05, 3.63) is 59.3 Å². The minimum absolute atomic E-state index is 0.194. The molecule has 5 heteroatoms. The third-order valence-electron chi connectivity index (χ3n) is 2.68. The van der Waals surface area contributed by atoms with E-state index < -0.39 is 0 Å². The summed E-state index contributed by atoms with van der Waals surface area (Å²) >= 11 is 0. The van der Waals surface area contributed by atoms with Crippen molar-refractivity contribution < 1.29 is 5.11 Å². The smallest absolute Gasteiger partial charge is 0.269 e. The van der Waals surface area contributed by atoms with Crippen LogP contribution in [-0.2, 0) is 0 Å². The molecule has 1 N–H and O–H groups in total. The average molecular weight is 239 g/mol. The standard InChI is InChI=1S/C13H9N3O2/c17-12-11(9-4-2-1-3-5-9)13(18)16-7-6-14-8-10(16)15-12/h1-8,17H. The zero-order chi connectivity index (χ0) is 12.5. The number of hydrogen-bond donors (Lipinski definition) is 1. The molecule has 0 bridgehead atoms. The molecule has 1 aromatic carbocycles. The normalized spacial score (nSPS) is 10.7. The minimum Gasteiger partial charge on any atom is -0.493 e. The van der Waals surface area contributed by atoms with E-state index in [-0.39, 0.29) is 17.0 Å². The van der Waals surface area contributed by atoms with E-state index in [4.69, 9.17) is 0 Å². The summed E-state index contributed by atoms with van der Waals surface area (Å²) in [5.74, 6) is -0.279. The van der Waals surface area contributed by atoms with Crippen LogP contribution >= 0.6 is 0 Å². The number of rotatable bonds is 1. The van der Waals surface area contributed by atoms with Gasteiger partial charge in [0.15, 0.2) is 5.65 Å². The molecule has 0 saturated heterocycles. The van der Waals surface area contributed by atoms with Crippen molar-refractivity contribution >= 4 is 5.65 Å². The van der Waals surface area contributed by atoms with E-state index in [0.717, 1.165) is 0 Å². The number of benzene rings is 1. The predicted molar refractivity (Wildman–Crippen MR) is 66.4 cm³/mol. The maximum absolute atomic E-state index is 12.3. The lowest BCUT2D eigenvalue weighted by Gasteiger charge is -2.05. The Morgan fingerprint density at radius 1 is 1.17 bits per heavy atom. The molecule has 18 heavy (non-hydrogen) atoms. The zero-order valence-corrected chi connectivity index (χ0v) is 9.32. The van der Waals surface area contributed by atoms with Crippen molar-refractivity contribution in [2.24, 2.45) is 0 Å². The Bertz CT molecular complexity index is 766. The first-order valence-electron chi connectivity index (χ1n) is 5.38. The number of aromatic nitrogens is 3. The van der Waals surface area contributed by atoms with Gasteiger partial charge in [-0.05, 0) is 5.56 Å². The van der Waals surface area contributed by atoms with Gasteiger partial charge >= 0.3 is 0 Å². The number of aromatic hydroxyl groups is 1. The summed E-state index contributed by atoms with van der Waals surface area (Å²) in [7, 11) is 0. The highest BCUT2D eigenvalue weighted by atomic mass is 16.3. The number of nitrogens with zero attached hydrogens (tertiary/aromatic N) is 3. The van der Waals surface area contributed by atoms with Crippen molar-refractivity contribution in [2.45, 2.75) is 0 Å². The summed E-state index contributed by atoms with van der Waals surface area (Å²) in [6, 6.07) is 8.96. The van der Waals surface area contributed by atoms with Gasteiger partial charge in [0.25, 0.3) is 5.56 Å². The lowest BCUT2D eigenvalue weighted by molar-refractivity contribution is 0.455. The molecule has 0 aliphatic carbocycles. The molecule has 0 aliphatic heterocycles. The Morgan fingerprint density at radius 2 is 1.94 bits per heavy atom. The second-order valence-corrected chi connectivity index (χ2v) is 3.79. The summed E-state index contributed by atoms with van der Waals surface area (Å²) < 4.78 is 1.36. The average Bonchev–Trinajstić information content (AvgIpc) is 2.40. The Hall–Kier alpha value is -2.69. The van der Waals surface area contributed by atoms with Crippen LogP contribution in [0.1, 0.15) is 0 Å². The fourth-order valence-corrected chi connectivity index (χ4v) is 1.85. The largest absolute Gasteiger partial charge is 0.493 e. The van der Waals surface area contributed by atoms with Crippen LogP contribution in [0.2, 0.25) is 0 Å². The van der Waals surface area contributed by atoms with Crippen LogP contribution in [0.3, 0.4) is 0 Å². The van der Waals surface area contributed by atoms with Gasteiger partial charge in [0.1, 0.15) is 5.56 Å². The van der Waals surface area contributed by atoms with Gasteiger partial charge in [-0.3, -0.25) is 14.2 Å².